The molecule has 0 spiro atoms. The van der Waals surface area contributed by atoms with Crippen molar-refractivity contribution in [3.05, 3.63) is 0 Å². The Hall–Kier alpha value is -0.690. The number of nitrogens with zero attached hydrogens (tertiary/aromatic N) is 1. The number of carbonyl (C=O) groups excluding carboxylic acids is 1. The highest BCUT2D eigenvalue weighted by Crippen LogP contribution is 2.07. The maximum atomic E-state index is 11.8. The number of β-amino-alcohol motifs (C(OH)–C–C–N with tert-alkyl or cyclic N) is 1. The Morgan fingerprint density at radius 1 is 1.53 bits per heavy atom. The summed E-state index contributed by atoms with van der Waals surface area (Å²) in [7, 11) is 0. The lowest BCUT2D eigenvalue weighted by molar-refractivity contribution is -0.151. The van der Waals surface area contributed by atoms with E-state index in [1.54, 1.807) is 6.92 Å². The van der Waals surface area contributed by atoms with Gasteiger partial charge in [-0.15, -0.1) is 0 Å². The average Bonchev–Trinajstić information content (AvgIpc) is 2.37. The quantitative estimate of drug-likeness (QED) is 0.616. The lowest BCUT2D eigenvalue weighted by Gasteiger charge is -2.35. The van der Waals surface area contributed by atoms with Gasteiger partial charge in [0.25, 0.3) is 0 Å². The van der Waals surface area contributed by atoms with Gasteiger partial charge in [-0.1, -0.05) is 0 Å². The number of rotatable bonds is 7. The fourth-order valence-corrected chi connectivity index (χ4v) is 2.06. The van der Waals surface area contributed by atoms with Gasteiger partial charge in [-0.2, -0.15) is 0 Å². The molecule has 1 aliphatic rings. The molecule has 0 saturated carbocycles. The van der Waals surface area contributed by atoms with Crippen LogP contribution in [-0.4, -0.2) is 73.6 Å². The lowest BCUT2D eigenvalue weighted by atomic mass is 10.1. The zero-order valence-corrected chi connectivity index (χ0v) is 12.1. The van der Waals surface area contributed by atoms with E-state index in [1.807, 2.05) is 18.7 Å². The molecule has 19 heavy (non-hydrogen) atoms. The molecule has 0 aromatic carbocycles. The average molecular weight is 274 g/mol. The molecule has 0 radical (unpaired) electrons. The molecule has 1 aliphatic heterocycles. The van der Waals surface area contributed by atoms with Crippen LogP contribution in [0.15, 0.2) is 0 Å². The van der Waals surface area contributed by atoms with E-state index in [2.05, 4.69) is 5.32 Å². The second-order valence-corrected chi connectivity index (χ2v) is 5.00. The number of piperazine rings is 1. The molecule has 0 bridgehead atoms. The van der Waals surface area contributed by atoms with Crippen molar-refractivity contribution < 1.29 is 19.4 Å². The number of nitrogens with one attached hydrogen (secondary N) is 1. The van der Waals surface area contributed by atoms with Crippen LogP contribution in [0.4, 0.5) is 0 Å². The van der Waals surface area contributed by atoms with Crippen molar-refractivity contribution in [2.75, 3.05) is 39.4 Å². The summed E-state index contributed by atoms with van der Waals surface area (Å²) >= 11 is 0. The number of ether oxygens (including phenoxy) is 2. The largest absolute Gasteiger partial charge is 0.465 e. The summed E-state index contributed by atoms with van der Waals surface area (Å²) in [6.45, 7) is 8.85. The summed E-state index contributed by atoms with van der Waals surface area (Å²) in [4.78, 5) is 13.8. The molecule has 0 aliphatic carbocycles. The molecule has 2 atom stereocenters. The van der Waals surface area contributed by atoms with Crippen molar-refractivity contribution in [1.29, 1.82) is 0 Å². The first kappa shape index (κ1) is 16.4. The highest BCUT2D eigenvalue weighted by Gasteiger charge is 2.30. The van der Waals surface area contributed by atoms with E-state index < -0.39 is 6.10 Å². The van der Waals surface area contributed by atoms with Gasteiger partial charge in [0, 0.05) is 26.2 Å². The van der Waals surface area contributed by atoms with Gasteiger partial charge in [0.2, 0.25) is 0 Å². The van der Waals surface area contributed by atoms with E-state index in [9.17, 15) is 9.90 Å². The number of aliphatic hydroxyl groups excluding tert-OH is 1. The Kier molecular flexibility index (Phi) is 7.30. The van der Waals surface area contributed by atoms with Gasteiger partial charge in [-0.3, -0.25) is 9.69 Å². The molecule has 112 valence electrons. The summed E-state index contributed by atoms with van der Waals surface area (Å²) < 4.78 is 10.4. The molecule has 1 fully saturated rings. The van der Waals surface area contributed by atoms with Crippen LogP contribution in [0, 0.1) is 0 Å². The summed E-state index contributed by atoms with van der Waals surface area (Å²) in [5, 5.41) is 13.1. The second kappa shape index (κ2) is 8.47. The van der Waals surface area contributed by atoms with Crippen molar-refractivity contribution in [3.8, 4) is 0 Å². The Morgan fingerprint density at radius 3 is 2.89 bits per heavy atom. The Bertz CT molecular complexity index is 273. The van der Waals surface area contributed by atoms with Crippen LogP contribution in [0.2, 0.25) is 0 Å². The number of esters is 1. The van der Waals surface area contributed by atoms with Gasteiger partial charge < -0.3 is 19.9 Å². The third-order valence-electron chi connectivity index (χ3n) is 2.98. The number of hydrogen-bond donors (Lipinski definition) is 2. The standard InChI is InChI=1S/C13H26N2O4/c1-4-18-13(17)12-7-14-5-6-15(12)8-11(16)9-19-10(2)3/h10-12,14,16H,4-9H2,1-3H3. The van der Waals surface area contributed by atoms with E-state index >= 15 is 0 Å². The predicted octanol–water partition coefficient (Wildman–Crippen LogP) is -0.391. The minimum absolute atomic E-state index is 0.0959. The van der Waals surface area contributed by atoms with E-state index in [0.29, 0.717) is 19.7 Å². The third-order valence-corrected chi connectivity index (χ3v) is 2.98. The molecular weight excluding hydrogens is 248 g/mol. The molecule has 1 heterocycles. The van der Waals surface area contributed by atoms with E-state index in [0.717, 1.165) is 13.1 Å². The smallest absolute Gasteiger partial charge is 0.324 e. The van der Waals surface area contributed by atoms with Gasteiger partial charge in [0.15, 0.2) is 0 Å². The SMILES string of the molecule is CCOC(=O)C1CNCCN1CC(O)COC(C)C. The summed E-state index contributed by atoms with van der Waals surface area (Å²) in [5.41, 5.74) is 0. The first-order valence-electron chi connectivity index (χ1n) is 6.95. The van der Waals surface area contributed by atoms with Gasteiger partial charge in [0.1, 0.15) is 6.04 Å². The predicted molar refractivity (Wildman–Crippen MR) is 72.0 cm³/mol. The van der Waals surface area contributed by atoms with Crippen LogP contribution >= 0.6 is 0 Å². The monoisotopic (exact) mass is 274 g/mol. The molecule has 0 aromatic heterocycles. The van der Waals surface area contributed by atoms with Crippen LogP contribution in [0.3, 0.4) is 0 Å². The second-order valence-electron chi connectivity index (χ2n) is 5.00. The molecule has 0 aromatic rings. The molecule has 1 saturated heterocycles. The summed E-state index contributed by atoms with van der Waals surface area (Å²) in [5.74, 6) is -0.230. The first-order chi connectivity index (χ1) is 9.04. The van der Waals surface area contributed by atoms with Gasteiger partial charge in [0.05, 0.1) is 25.4 Å². The Morgan fingerprint density at radius 2 is 2.26 bits per heavy atom. The summed E-state index contributed by atoms with van der Waals surface area (Å²) in [6, 6.07) is -0.317. The minimum Gasteiger partial charge on any atom is -0.465 e. The lowest BCUT2D eigenvalue weighted by Crippen LogP contribution is -2.57. The van der Waals surface area contributed by atoms with Gasteiger partial charge >= 0.3 is 5.97 Å². The van der Waals surface area contributed by atoms with Crippen molar-refractivity contribution >= 4 is 5.97 Å². The molecular formula is C13H26N2O4. The van der Waals surface area contributed by atoms with E-state index in [-0.39, 0.29) is 24.7 Å². The third kappa shape index (κ3) is 5.86. The van der Waals surface area contributed by atoms with Crippen molar-refractivity contribution in [2.45, 2.75) is 39.0 Å². The maximum Gasteiger partial charge on any atom is 0.324 e. The Labute approximate surface area is 115 Å². The van der Waals surface area contributed by atoms with Gasteiger partial charge in [-0.25, -0.2) is 0 Å². The molecule has 0 amide bonds. The van der Waals surface area contributed by atoms with E-state index in [1.165, 1.54) is 0 Å². The fourth-order valence-electron chi connectivity index (χ4n) is 2.06. The molecule has 1 rings (SSSR count). The van der Waals surface area contributed by atoms with Crippen LogP contribution in [0.1, 0.15) is 20.8 Å². The number of hydrogen-bond acceptors (Lipinski definition) is 6. The molecule has 6 nitrogen and oxygen atoms in total. The highest BCUT2D eigenvalue weighted by molar-refractivity contribution is 5.76. The van der Waals surface area contributed by atoms with Crippen molar-refractivity contribution in [3.63, 3.8) is 0 Å². The number of carbonyl (C=O) groups is 1. The fraction of sp³-hybridized carbons (Fsp3) is 0.923. The van der Waals surface area contributed by atoms with Crippen LogP contribution < -0.4 is 5.32 Å². The molecule has 6 heteroatoms. The zero-order valence-electron chi connectivity index (χ0n) is 12.1. The van der Waals surface area contributed by atoms with Crippen LogP contribution in [0.5, 0.6) is 0 Å². The first-order valence-corrected chi connectivity index (χ1v) is 6.95. The Balaban J connectivity index is 2.45. The van der Waals surface area contributed by atoms with Gasteiger partial charge in [-0.05, 0) is 20.8 Å². The van der Waals surface area contributed by atoms with Crippen LogP contribution in [0.25, 0.3) is 0 Å². The molecule has 2 N–H and O–H groups in total. The minimum atomic E-state index is -0.586. The normalized spacial score (nSPS) is 22.5. The van der Waals surface area contributed by atoms with E-state index in [4.69, 9.17) is 9.47 Å². The summed E-state index contributed by atoms with van der Waals surface area (Å²) in [6.07, 6.45) is -0.490. The molecule has 2 unspecified atom stereocenters. The van der Waals surface area contributed by atoms with Crippen LogP contribution in [-0.2, 0) is 14.3 Å². The van der Waals surface area contributed by atoms with Crippen molar-refractivity contribution in [1.82, 2.24) is 10.2 Å². The number of aliphatic hydroxyl groups is 1. The zero-order chi connectivity index (χ0) is 14.3. The maximum absolute atomic E-state index is 11.8. The highest BCUT2D eigenvalue weighted by atomic mass is 16.5. The topological polar surface area (TPSA) is 71.0 Å². The van der Waals surface area contributed by atoms with Crippen molar-refractivity contribution in [2.24, 2.45) is 0 Å².